The lowest BCUT2D eigenvalue weighted by molar-refractivity contribution is -0.126. The number of carbonyl (C=O) groups is 2. The predicted molar refractivity (Wildman–Crippen MR) is 95.0 cm³/mol. The second kappa shape index (κ2) is 7.41. The highest BCUT2D eigenvalue weighted by atomic mass is 16.5. The van der Waals surface area contributed by atoms with Crippen molar-refractivity contribution in [1.29, 1.82) is 0 Å². The van der Waals surface area contributed by atoms with Gasteiger partial charge in [-0.15, -0.1) is 0 Å². The van der Waals surface area contributed by atoms with Gasteiger partial charge in [0.15, 0.2) is 6.10 Å². The average molecular weight is 347 g/mol. The van der Waals surface area contributed by atoms with Crippen molar-refractivity contribution >= 4 is 23.2 Å². The molecule has 0 aromatic heterocycles. The van der Waals surface area contributed by atoms with Gasteiger partial charge in [-0.25, -0.2) is 0 Å². The number of hydrogen-bond acceptors (Lipinski definition) is 5. The summed E-state index contributed by atoms with van der Waals surface area (Å²) in [6.45, 7) is 3.72. The molecule has 1 fully saturated rings. The molecule has 2 atom stereocenters. The lowest BCUT2D eigenvalue weighted by Crippen LogP contribution is -2.46. The van der Waals surface area contributed by atoms with Crippen LogP contribution >= 0.6 is 0 Å². The molecule has 1 saturated heterocycles. The summed E-state index contributed by atoms with van der Waals surface area (Å²) in [6.07, 6.45) is 0.732. The van der Waals surface area contributed by atoms with Crippen LogP contribution in [0.5, 0.6) is 5.75 Å². The summed E-state index contributed by atoms with van der Waals surface area (Å²) in [5, 5.41) is 2.87. The van der Waals surface area contributed by atoms with Crippen molar-refractivity contribution < 1.29 is 19.1 Å². The van der Waals surface area contributed by atoms with Gasteiger partial charge in [-0.1, -0.05) is 0 Å². The molecule has 2 aliphatic rings. The van der Waals surface area contributed by atoms with E-state index in [9.17, 15) is 9.59 Å². The number of hydrogen-bond donors (Lipinski definition) is 1. The summed E-state index contributed by atoms with van der Waals surface area (Å²) in [7, 11) is 3.94. The van der Waals surface area contributed by atoms with Crippen LogP contribution in [0.3, 0.4) is 0 Å². The van der Waals surface area contributed by atoms with Gasteiger partial charge in [-0.2, -0.15) is 0 Å². The molecule has 1 N–H and O–H groups in total. The minimum atomic E-state index is -0.543. The molecule has 7 nitrogen and oxygen atoms in total. The van der Waals surface area contributed by atoms with Crippen molar-refractivity contribution in [3.8, 4) is 5.75 Å². The number of rotatable bonds is 5. The second-order valence-corrected chi connectivity index (χ2v) is 6.73. The SMILES string of the molecule is CC1Oc2cc(NC(=O)C3CCCO3)ccc2N(CCN(C)C)C1=O. The van der Waals surface area contributed by atoms with E-state index in [2.05, 4.69) is 5.32 Å². The minimum Gasteiger partial charge on any atom is -0.479 e. The molecule has 0 saturated carbocycles. The van der Waals surface area contributed by atoms with Crippen LogP contribution in [0.1, 0.15) is 19.8 Å². The molecule has 25 heavy (non-hydrogen) atoms. The number of carbonyl (C=O) groups excluding carboxylic acids is 2. The zero-order valence-corrected chi connectivity index (χ0v) is 14.9. The highest BCUT2D eigenvalue weighted by Crippen LogP contribution is 2.36. The molecule has 2 aliphatic heterocycles. The fraction of sp³-hybridized carbons (Fsp3) is 0.556. The van der Waals surface area contributed by atoms with Crippen molar-refractivity contribution in [2.45, 2.75) is 32.0 Å². The number of amides is 2. The van der Waals surface area contributed by atoms with E-state index in [1.54, 1.807) is 24.0 Å². The summed E-state index contributed by atoms with van der Waals surface area (Å²) in [6, 6.07) is 5.38. The Labute approximate surface area is 147 Å². The third-order valence-corrected chi connectivity index (χ3v) is 4.43. The molecule has 0 radical (unpaired) electrons. The van der Waals surface area contributed by atoms with Gasteiger partial charge in [0, 0.05) is 31.5 Å². The van der Waals surface area contributed by atoms with Gasteiger partial charge >= 0.3 is 0 Å². The molecule has 1 aromatic rings. The number of anilines is 2. The molecule has 0 bridgehead atoms. The number of benzene rings is 1. The molecule has 2 heterocycles. The predicted octanol–water partition coefficient (Wildman–Crippen LogP) is 1.48. The number of nitrogens with zero attached hydrogens (tertiary/aromatic N) is 2. The second-order valence-electron chi connectivity index (χ2n) is 6.73. The molecule has 2 amide bonds. The first-order valence-corrected chi connectivity index (χ1v) is 8.65. The quantitative estimate of drug-likeness (QED) is 0.874. The van der Waals surface area contributed by atoms with E-state index in [0.717, 1.165) is 25.1 Å². The maximum absolute atomic E-state index is 12.4. The molecule has 0 aliphatic carbocycles. The standard InChI is InChI=1S/C18H25N3O4/c1-12-18(23)21(9-8-20(2)3)14-7-6-13(11-16(14)25-12)19-17(22)15-5-4-10-24-15/h6-7,11-12,15H,4-5,8-10H2,1-3H3,(H,19,22). The fourth-order valence-corrected chi connectivity index (χ4v) is 3.03. The van der Waals surface area contributed by atoms with Crippen LogP contribution in [0, 0.1) is 0 Å². The van der Waals surface area contributed by atoms with Gasteiger partial charge < -0.3 is 24.6 Å². The van der Waals surface area contributed by atoms with Crippen molar-refractivity contribution in [1.82, 2.24) is 4.90 Å². The van der Waals surface area contributed by atoms with Crippen molar-refractivity contribution in [2.24, 2.45) is 0 Å². The summed E-state index contributed by atoms with van der Waals surface area (Å²) in [4.78, 5) is 28.4. The monoisotopic (exact) mass is 347 g/mol. The lowest BCUT2D eigenvalue weighted by Gasteiger charge is -2.34. The van der Waals surface area contributed by atoms with Crippen molar-refractivity contribution in [3.05, 3.63) is 18.2 Å². The first kappa shape index (κ1) is 17.7. The highest BCUT2D eigenvalue weighted by molar-refractivity contribution is 6.01. The van der Waals surface area contributed by atoms with Gasteiger partial charge in [0.1, 0.15) is 11.9 Å². The average Bonchev–Trinajstić information content (AvgIpc) is 3.10. The van der Waals surface area contributed by atoms with Gasteiger partial charge in [0.2, 0.25) is 0 Å². The smallest absolute Gasteiger partial charge is 0.267 e. The Balaban J connectivity index is 1.77. The molecule has 2 unspecified atom stereocenters. The highest BCUT2D eigenvalue weighted by Gasteiger charge is 2.32. The number of nitrogens with one attached hydrogen (secondary N) is 1. The van der Waals surface area contributed by atoms with E-state index >= 15 is 0 Å². The van der Waals surface area contributed by atoms with Crippen LogP contribution < -0.4 is 15.0 Å². The first-order chi connectivity index (χ1) is 12.0. The number of ether oxygens (including phenoxy) is 2. The third kappa shape index (κ3) is 3.93. The molecule has 0 spiro atoms. The minimum absolute atomic E-state index is 0.0505. The Hall–Kier alpha value is -2.12. The lowest BCUT2D eigenvalue weighted by atomic mass is 10.1. The van der Waals surface area contributed by atoms with Gasteiger partial charge in [-0.3, -0.25) is 9.59 Å². The Bertz CT molecular complexity index is 656. The number of fused-ring (bicyclic) bond motifs is 1. The Morgan fingerprint density at radius 2 is 2.20 bits per heavy atom. The van der Waals surface area contributed by atoms with Crippen LogP contribution in [-0.4, -0.2) is 62.7 Å². The normalized spacial score (nSPS) is 22.7. The summed E-state index contributed by atoms with van der Waals surface area (Å²) >= 11 is 0. The van der Waals surface area contributed by atoms with Crippen LogP contribution in [0.15, 0.2) is 18.2 Å². The third-order valence-electron chi connectivity index (χ3n) is 4.43. The molecular weight excluding hydrogens is 322 g/mol. The number of likely N-dealkylation sites (N-methyl/N-ethyl adjacent to an activating group) is 1. The largest absolute Gasteiger partial charge is 0.479 e. The molecule has 1 aromatic carbocycles. The van der Waals surface area contributed by atoms with Crippen molar-refractivity contribution in [2.75, 3.05) is 44.0 Å². The van der Waals surface area contributed by atoms with Gasteiger partial charge in [0.05, 0.1) is 5.69 Å². The first-order valence-electron chi connectivity index (χ1n) is 8.65. The van der Waals surface area contributed by atoms with E-state index in [4.69, 9.17) is 9.47 Å². The summed E-state index contributed by atoms with van der Waals surface area (Å²) in [5.74, 6) is 0.420. The molecular formula is C18H25N3O4. The zero-order chi connectivity index (χ0) is 18.0. The van der Waals surface area contributed by atoms with E-state index in [0.29, 0.717) is 24.6 Å². The van der Waals surface area contributed by atoms with Crippen LogP contribution in [0.2, 0.25) is 0 Å². The van der Waals surface area contributed by atoms with E-state index < -0.39 is 6.10 Å². The van der Waals surface area contributed by atoms with Crippen LogP contribution in [-0.2, 0) is 14.3 Å². The zero-order valence-electron chi connectivity index (χ0n) is 14.9. The van der Waals surface area contributed by atoms with Crippen LogP contribution in [0.4, 0.5) is 11.4 Å². The summed E-state index contributed by atoms with van der Waals surface area (Å²) in [5.41, 5.74) is 1.38. The Morgan fingerprint density at radius 1 is 1.40 bits per heavy atom. The molecule has 3 rings (SSSR count). The fourth-order valence-electron chi connectivity index (χ4n) is 3.03. The maximum atomic E-state index is 12.4. The summed E-state index contributed by atoms with van der Waals surface area (Å²) < 4.78 is 11.1. The maximum Gasteiger partial charge on any atom is 0.267 e. The van der Waals surface area contributed by atoms with E-state index in [-0.39, 0.29) is 17.9 Å². The van der Waals surface area contributed by atoms with Crippen LogP contribution in [0.25, 0.3) is 0 Å². The molecule has 7 heteroatoms. The topological polar surface area (TPSA) is 71.1 Å². The Morgan fingerprint density at radius 3 is 2.88 bits per heavy atom. The van der Waals surface area contributed by atoms with Gasteiger partial charge in [-0.05, 0) is 46.0 Å². The van der Waals surface area contributed by atoms with E-state index in [1.165, 1.54) is 0 Å². The van der Waals surface area contributed by atoms with Gasteiger partial charge in [0.25, 0.3) is 11.8 Å². The van der Waals surface area contributed by atoms with Crippen molar-refractivity contribution in [3.63, 3.8) is 0 Å². The molecule has 136 valence electrons. The Kier molecular flexibility index (Phi) is 5.24. The van der Waals surface area contributed by atoms with E-state index in [1.807, 2.05) is 25.1 Å².